The highest BCUT2D eigenvalue weighted by molar-refractivity contribution is 9.10. The van der Waals surface area contributed by atoms with E-state index in [1.165, 1.54) is 0 Å². The van der Waals surface area contributed by atoms with Gasteiger partial charge in [-0.05, 0) is 31.5 Å². The Morgan fingerprint density at radius 2 is 2.11 bits per heavy atom. The van der Waals surface area contributed by atoms with Gasteiger partial charge in [0.25, 0.3) is 0 Å². The van der Waals surface area contributed by atoms with Gasteiger partial charge in [0.1, 0.15) is 11.9 Å². The molecule has 0 aliphatic carbocycles. The van der Waals surface area contributed by atoms with Crippen LogP contribution < -0.4 is 4.74 Å². The topological polar surface area (TPSA) is 35.5 Å². The number of carbonyl (C=O) groups excluding carboxylic acids is 1. The zero-order chi connectivity index (χ0) is 13.5. The molecule has 3 nitrogen and oxygen atoms in total. The molecule has 0 radical (unpaired) electrons. The first kappa shape index (κ1) is 15.2. The number of rotatable bonds is 7. The molecule has 0 saturated carbocycles. The molecule has 1 atom stereocenters. The monoisotopic (exact) mass is 314 g/mol. The van der Waals surface area contributed by atoms with E-state index in [1.807, 2.05) is 32.0 Å². The number of methoxy groups -OCH3 is 1. The van der Waals surface area contributed by atoms with E-state index in [4.69, 9.17) is 9.47 Å². The molecule has 1 aromatic rings. The van der Waals surface area contributed by atoms with Crippen molar-refractivity contribution in [1.82, 2.24) is 0 Å². The van der Waals surface area contributed by atoms with Crippen molar-refractivity contribution in [3.63, 3.8) is 0 Å². The molecule has 0 aliphatic rings. The molecule has 0 spiro atoms. The molecule has 4 heteroatoms. The smallest absolute Gasteiger partial charge is 0.166 e. The molecule has 1 aromatic carbocycles. The molecular weight excluding hydrogens is 296 g/mol. The molecule has 1 rings (SSSR count). The molecule has 1 unspecified atom stereocenters. The minimum absolute atomic E-state index is 0.0933. The summed E-state index contributed by atoms with van der Waals surface area (Å²) in [6.07, 6.45) is 0.711. The van der Waals surface area contributed by atoms with Crippen LogP contribution in [0.15, 0.2) is 22.7 Å². The Balaban J connectivity index is 2.82. The summed E-state index contributed by atoms with van der Waals surface area (Å²) in [5.41, 5.74) is 0.884. The summed E-state index contributed by atoms with van der Waals surface area (Å²) in [5, 5.41) is 0. The summed E-state index contributed by atoms with van der Waals surface area (Å²) in [6.45, 7) is 4.41. The standard InChI is InChI=1S/C14H19BrO3/c1-4-13(18-5-2)12(16)9-10-8-11(15)6-7-14(10)17-3/h6-8,13H,4-5,9H2,1-3H3. The highest BCUT2D eigenvalue weighted by atomic mass is 79.9. The van der Waals surface area contributed by atoms with Crippen LogP contribution in [0.2, 0.25) is 0 Å². The van der Waals surface area contributed by atoms with Crippen molar-refractivity contribution in [2.24, 2.45) is 0 Å². The minimum Gasteiger partial charge on any atom is -0.496 e. The van der Waals surface area contributed by atoms with Gasteiger partial charge >= 0.3 is 0 Å². The fourth-order valence-corrected chi connectivity index (χ4v) is 2.23. The van der Waals surface area contributed by atoms with Crippen molar-refractivity contribution in [2.75, 3.05) is 13.7 Å². The summed E-state index contributed by atoms with van der Waals surface area (Å²) >= 11 is 3.40. The van der Waals surface area contributed by atoms with Gasteiger partial charge in [-0.25, -0.2) is 0 Å². The van der Waals surface area contributed by atoms with E-state index in [-0.39, 0.29) is 11.9 Å². The van der Waals surface area contributed by atoms with Crippen molar-refractivity contribution < 1.29 is 14.3 Å². The van der Waals surface area contributed by atoms with Crippen LogP contribution in [0.4, 0.5) is 0 Å². The van der Waals surface area contributed by atoms with E-state index in [9.17, 15) is 4.79 Å². The van der Waals surface area contributed by atoms with Gasteiger partial charge in [0, 0.05) is 23.1 Å². The summed E-state index contributed by atoms with van der Waals surface area (Å²) in [7, 11) is 1.61. The molecule has 0 aliphatic heterocycles. The Morgan fingerprint density at radius 1 is 1.39 bits per heavy atom. The first-order valence-electron chi connectivity index (χ1n) is 6.09. The van der Waals surface area contributed by atoms with Gasteiger partial charge < -0.3 is 9.47 Å². The van der Waals surface area contributed by atoms with Crippen molar-refractivity contribution >= 4 is 21.7 Å². The average Bonchev–Trinajstić information content (AvgIpc) is 2.36. The molecule has 0 heterocycles. The van der Waals surface area contributed by atoms with Crippen molar-refractivity contribution in [2.45, 2.75) is 32.8 Å². The maximum atomic E-state index is 12.1. The predicted octanol–water partition coefficient (Wildman–Crippen LogP) is 3.38. The van der Waals surface area contributed by atoms with E-state index < -0.39 is 0 Å². The number of benzene rings is 1. The molecule has 0 fully saturated rings. The minimum atomic E-state index is -0.321. The lowest BCUT2D eigenvalue weighted by Gasteiger charge is -2.15. The van der Waals surface area contributed by atoms with Gasteiger partial charge in [0.15, 0.2) is 5.78 Å². The number of hydrogen-bond donors (Lipinski definition) is 0. The van der Waals surface area contributed by atoms with Crippen LogP contribution in [0.3, 0.4) is 0 Å². The third-order valence-corrected chi connectivity index (χ3v) is 3.20. The Bertz CT molecular complexity index is 404. The van der Waals surface area contributed by atoms with Gasteiger partial charge in [-0.1, -0.05) is 22.9 Å². The van der Waals surface area contributed by atoms with Gasteiger partial charge in [-0.2, -0.15) is 0 Å². The summed E-state index contributed by atoms with van der Waals surface area (Å²) in [5.74, 6) is 0.827. The van der Waals surface area contributed by atoms with E-state index in [0.717, 1.165) is 15.8 Å². The van der Waals surface area contributed by atoms with Crippen molar-refractivity contribution in [3.05, 3.63) is 28.2 Å². The maximum Gasteiger partial charge on any atom is 0.166 e. The van der Waals surface area contributed by atoms with Crippen LogP contribution in [-0.2, 0) is 16.0 Å². The number of Topliss-reactive ketones (excluding diaryl/α,β-unsaturated/α-hetero) is 1. The lowest BCUT2D eigenvalue weighted by Crippen LogP contribution is -2.25. The van der Waals surface area contributed by atoms with Crippen molar-refractivity contribution in [3.8, 4) is 5.75 Å². The highest BCUT2D eigenvalue weighted by Gasteiger charge is 2.18. The summed E-state index contributed by atoms with van der Waals surface area (Å²) < 4.78 is 11.6. The molecule has 0 bridgehead atoms. The number of carbonyl (C=O) groups is 1. The third-order valence-electron chi connectivity index (χ3n) is 2.70. The van der Waals surface area contributed by atoms with E-state index in [1.54, 1.807) is 7.11 Å². The van der Waals surface area contributed by atoms with Gasteiger partial charge in [-0.3, -0.25) is 4.79 Å². The first-order chi connectivity index (χ1) is 8.62. The Hall–Kier alpha value is -0.870. The van der Waals surface area contributed by atoms with Crippen LogP contribution in [0.1, 0.15) is 25.8 Å². The lowest BCUT2D eigenvalue weighted by atomic mass is 10.0. The SMILES string of the molecule is CCOC(CC)C(=O)Cc1cc(Br)ccc1OC. The molecule has 0 amide bonds. The van der Waals surface area contributed by atoms with Crippen LogP contribution in [0.5, 0.6) is 5.75 Å². The van der Waals surface area contributed by atoms with E-state index >= 15 is 0 Å². The third kappa shape index (κ3) is 4.10. The Morgan fingerprint density at radius 3 is 2.67 bits per heavy atom. The van der Waals surface area contributed by atoms with Crippen LogP contribution >= 0.6 is 15.9 Å². The second-order valence-corrected chi connectivity index (χ2v) is 4.87. The molecule has 0 saturated heterocycles. The number of ether oxygens (including phenoxy) is 2. The molecule has 100 valence electrons. The van der Waals surface area contributed by atoms with E-state index in [2.05, 4.69) is 15.9 Å². The Labute approximate surface area is 117 Å². The lowest BCUT2D eigenvalue weighted by molar-refractivity contribution is -0.129. The largest absolute Gasteiger partial charge is 0.496 e. The zero-order valence-electron chi connectivity index (χ0n) is 11.0. The molecular formula is C14H19BrO3. The van der Waals surface area contributed by atoms with Crippen molar-refractivity contribution in [1.29, 1.82) is 0 Å². The normalized spacial score (nSPS) is 12.2. The fraction of sp³-hybridized carbons (Fsp3) is 0.500. The molecule has 0 aromatic heterocycles. The first-order valence-corrected chi connectivity index (χ1v) is 6.88. The predicted molar refractivity (Wildman–Crippen MR) is 75.1 cm³/mol. The van der Waals surface area contributed by atoms with Gasteiger partial charge in [0.05, 0.1) is 7.11 Å². The highest BCUT2D eigenvalue weighted by Crippen LogP contribution is 2.24. The van der Waals surface area contributed by atoms with Crippen LogP contribution in [0.25, 0.3) is 0 Å². The molecule has 18 heavy (non-hydrogen) atoms. The number of halogens is 1. The van der Waals surface area contributed by atoms with Gasteiger partial charge in [-0.15, -0.1) is 0 Å². The molecule has 0 N–H and O–H groups in total. The summed E-state index contributed by atoms with van der Waals surface area (Å²) in [6, 6.07) is 5.66. The maximum absolute atomic E-state index is 12.1. The van der Waals surface area contributed by atoms with Gasteiger partial charge in [0.2, 0.25) is 0 Å². The van der Waals surface area contributed by atoms with E-state index in [0.29, 0.717) is 19.4 Å². The number of hydrogen-bond acceptors (Lipinski definition) is 3. The number of ketones is 1. The average molecular weight is 315 g/mol. The van der Waals surface area contributed by atoms with Crippen LogP contribution in [-0.4, -0.2) is 25.6 Å². The second-order valence-electron chi connectivity index (χ2n) is 3.95. The second kappa shape index (κ2) is 7.54. The fourth-order valence-electron chi connectivity index (χ4n) is 1.83. The Kier molecular flexibility index (Phi) is 6.36. The zero-order valence-corrected chi connectivity index (χ0v) is 12.6. The summed E-state index contributed by atoms with van der Waals surface area (Å²) in [4.78, 5) is 12.1. The quantitative estimate of drug-likeness (QED) is 0.774. The van der Waals surface area contributed by atoms with Crippen LogP contribution in [0, 0.1) is 0 Å².